The van der Waals surface area contributed by atoms with E-state index >= 15 is 0 Å². The average Bonchev–Trinajstić information content (AvgIpc) is 3.61. The van der Waals surface area contributed by atoms with E-state index in [1.54, 1.807) is 0 Å². The number of esters is 1. The highest BCUT2D eigenvalue weighted by Crippen LogP contribution is 2.56. The van der Waals surface area contributed by atoms with Gasteiger partial charge in [-0.1, -0.05) is 194 Å². The van der Waals surface area contributed by atoms with Gasteiger partial charge in [-0.2, -0.15) is 0 Å². The molecule has 12 atom stereocenters. The van der Waals surface area contributed by atoms with Crippen LogP contribution in [0.25, 0.3) is 0 Å². The summed E-state index contributed by atoms with van der Waals surface area (Å²) >= 11 is 0. The second-order valence-corrected chi connectivity index (χ2v) is 24.7. The fraction of sp³-hybridized carbons (Fsp3) is 0.948. The summed E-state index contributed by atoms with van der Waals surface area (Å²) < 4.78 is 37.1. The third-order valence-corrected chi connectivity index (χ3v) is 17.5. The Morgan fingerprint density at radius 1 is 0.658 bits per heavy atom. The minimum absolute atomic E-state index is 0.0221. The highest BCUT2D eigenvalue weighted by Gasteiger charge is 2.70. The molecule has 79 heavy (non-hydrogen) atoms. The first kappa shape index (κ1) is 73.2. The van der Waals surface area contributed by atoms with Crippen LogP contribution in [0, 0.1) is 0 Å². The lowest BCUT2D eigenvalue weighted by atomic mass is 9.75. The molecule has 2 heterocycles. The van der Waals surface area contributed by atoms with Crippen LogP contribution in [0.1, 0.15) is 252 Å². The van der Waals surface area contributed by atoms with Crippen LogP contribution in [0.5, 0.6) is 0 Å². The number of aliphatic hydroxyl groups excluding tert-OH is 6. The molecule has 20 nitrogen and oxygen atoms in total. The lowest BCUT2D eigenvalue weighted by Crippen LogP contribution is -2.80. The van der Waals surface area contributed by atoms with Crippen molar-refractivity contribution < 1.29 is 83.4 Å². The topological polar surface area (TPSA) is 337 Å². The maximum absolute atomic E-state index is 14.1. The molecule has 0 aromatic carbocycles. The highest BCUT2D eigenvalue weighted by atomic mass is 31.2. The summed E-state index contributed by atoms with van der Waals surface area (Å²) in [6.07, 6.45) is 12.8. The van der Waals surface area contributed by atoms with E-state index in [1.807, 2.05) is 0 Å². The summed E-state index contributed by atoms with van der Waals surface area (Å²) in [6, 6.07) is -1.51. The molecule has 3 unspecified atom stereocenters. The zero-order valence-electron chi connectivity index (χ0n) is 48.9. The molecule has 21 heteroatoms. The van der Waals surface area contributed by atoms with E-state index in [9.17, 15) is 64.5 Å². The smallest absolute Gasteiger partial charge is 0.356 e. The zero-order valence-corrected chi connectivity index (χ0v) is 49.8. The zero-order chi connectivity index (χ0) is 58.5. The van der Waals surface area contributed by atoms with Crippen molar-refractivity contribution in [3.05, 3.63) is 0 Å². The van der Waals surface area contributed by atoms with Gasteiger partial charge in [-0.25, -0.2) is 0 Å². The number of ether oxygens (including phenoxy) is 4. The summed E-state index contributed by atoms with van der Waals surface area (Å²) in [7, 11) is -5.87. The molecule has 2 aliphatic rings. The van der Waals surface area contributed by atoms with Crippen molar-refractivity contribution in [3.8, 4) is 0 Å². The molecule has 0 saturated carbocycles. The minimum atomic E-state index is -5.87. The van der Waals surface area contributed by atoms with Gasteiger partial charge in [0.05, 0.1) is 32.2 Å². The Kier molecular flexibility index (Phi) is 38.9. The summed E-state index contributed by atoms with van der Waals surface area (Å²) in [5, 5.41) is 82.8. The Hall–Kier alpha value is -1.88. The van der Waals surface area contributed by atoms with Gasteiger partial charge < -0.3 is 80.8 Å². The Morgan fingerprint density at radius 3 is 1.65 bits per heavy atom. The molecular formula is C58H112N3O17P. The maximum Gasteiger partial charge on any atom is 0.356 e. The second kappa shape index (κ2) is 42.0. The number of nitrogens with one attached hydrogen (secondary N) is 2. The van der Waals surface area contributed by atoms with Crippen LogP contribution in [0.15, 0.2) is 0 Å². The molecule has 0 spiro atoms. The molecule has 13 N–H and O–H groups in total. The Balaban J connectivity index is 2.32. The molecule has 2 amide bonds. The molecule has 0 aromatic rings. The largest absolute Gasteiger partial charge is 0.462 e. The van der Waals surface area contributed by atoms with Crippen molar-refractivity contribution in [3.63, 3.8) is 0 Å². The normalized spacial score (nSPS) is 25.7. The third-order valence-electron chi connectivity index (χ3n) is 16.0. The number of unbranched alkanes of at least 4 members (excludes halogenated alkanes) is 27. The van der Waals surface area contributed by atoms with Crippen molar-refractivity contribution in [2.45, 2.75) is 324 Å². The van der Waals surface area contributed by atoms with Crippen LogP contribution >= 0.6 is 7.60 Å². The van der Waals surface area contributed by atoms with Crippen molar-refractivity contribution in [1.82, 2.24) is 10.6 Å². The molecule has 466 valence electrons. The van der Waals surface area contributed by atoms with Gasteiger partial charge in [-0.05, 0) is 45.1 Å². The van der Waals surface area contributed by atoms with Crippen molar-refractivity contribution in [1.29, 1.82) is 0 Å². The molecule has 2 rings (SSSR count). The second-order valence-electron chi connectivity index (χ2n) is 22.8. The molecule has 0 aliphatic carbocycles. The van der Waals surface area contributed by atoms with Crippen LogP contribution < -0.4 is 16.4 Å². The number of hydrogen-bond donors (Lipinski definition) is 12. The number of hydrogen-bond acceptors (Lipinski definition) is 16. The van der Waals surface area contributed by atoms with Crippen LogP contribution in [0.4, 0.5) is 0 Å². The van der Waals surface area contributed by atoms with Crippen molar-refractivity contribution in [2.24, 2.45) is 5.73 Å². The molecule has 2 saturated heterocycles. The van der Waals surface area contributed by atoms with E-state index in [2.05, 4.69) is 31.4 Å². The van der Waals surface area contributed by atoms with E-state index < -0.39 is 117 Å². The van der Waals surface area contributed by atoms with E-state index in [1.165, 1.54) is 64.2 Å². The van der Waals surface area contributed by atoms with Gasteiger partial charge in [0.25, 0.3) is 0 Å². The molecule has 0 aromatic heterocycles. The quantitative estimate of drug-likeness (QED) is 0.0164. The van der Waals surface area contributed by atoms with Gasteiger partial charge >= 0.3 is 13.6 Å². The number of carbonyl (C=O) groups excluding carboxylic acids is 3. The third kappa shape index (κ3) is 26.7. The highest BCUT2D eigenvalue weighted by molar-refractivity contribution is 7.53. The van der Waals surface area contributed by atoms with E-state index in [0.717, 1.165) is 103 Å². The predicted octanol–water partition coefficient (Wildman–Crippen LogP) is 7.10. The first-order valence-corrected chi connectivity index (χ1v) is 32.7. The van der Waals surface area contributed by atoms with Crippen molar-refractivity contribution >= 4 is 25.4 Å². The summed E-state index contributed by atoms with van der Waals surface area (Å²) in [5.41, 5.74) is 2.28. The lowest BCUT2D eigenvalue weighted by molar-refractivity contribution is -0.327. The number of amides is 2. The Morgan fingerprint density at radius 2 is 1.14 bits per heavy atom. The van der Waals surface area contributed by atoms with Crippen LogP contribution in [0.3, 0.4) is 0 Å². The fourth-order valence-electron chi connectivity index (χ4n) is 10.9. The average molecular weight is 1150 g/mol. The standard InChI is InChI=1S/C58H112N3O17P/c1-4-7-10-13-16-19-22-25-30-35-44(63)40-47(64)60-50-51(67)52(68)53(78-55(50)75-39-34-29-28-33-38-59)54(69)58(71)46(42-62)76-43-57(56(58)70,79(72,73)74)61-48(65)41-45(36-31-26-23-20-17-14-11-8-5-2)77-49(66)37-32-27-24-21-18-15-12-9-6-3/h44-46,50-56,62-63,67-71H,4-43,59H2,1-3H3,(H,60,64)(H,61,65)(H2,72,73,74)/t44?,45?,46-,50+,51-,52+,53+,54?,55+,56-,57+,58-/m1/s1. The predicted molar refractivity (Wildman–Crippen MR) is 303 cm³/mol. The van der Waals surface area contributed by atoms with Crippen LogP contribution in [-0.2, 0) is 37.9 Å². The number of nitrogens with two attached hydrogens (primary N) is 1. The molecule has 0 bridgehead atoms. The summed E-state index contributed by atoms with van der Waals surface area (Å²) in [4.78, 5) is 62.7. The van der Waals surface area contributed by atoms with Crippen LogP contribution in [0.2, 0.25) is 0 Å². The Bertz CT molecular complexity index is 1650. The van der Waals surface area contributed by atoms with Gasteiger partial charge in [0.15, 0.2) is 17.2 Å². The number of aliphatic hydroxyl groups is 7. The first-order chi connectivity index (χ1) is 37.9. The van der Waals surface area contributed by atoms with Gasteiger partial charge in [-0.3, -0.25) is 18.9 Å². The van der Waals surface area contributed by atoms with Crippen molar-refractivity contribution in [2.75, 3.05) is 26.4 Å². The van der Waals surface area contributed by atoms with E-state index in [0.29, 0.717) is 45.1 Å². The molecule has 0 radical (unpaired) electrons. The van der Waals surface area contributed by atoms with E-state index in [4.69, 9.17) is 24.7 Å². The molecular weight excluding hydrogens is 1040 g/mol. The lowest BCUT2D eigenvalue weighted by Gasteiger charge is -2.56. The van der Waals surface area contributed by atoms with Gasteiger partial charge in [-0.15, -0.1) is 0 Å². The van der Waals surface area contributed by atoms with Crippen LogP contribution in [-0.4, -0.2) is 162 Å². The molecule has 2 fully saturated rings. The Labute approximate surface area is 474 Å². The number of carbonyl (C=O) groups is 3. The summed E-state index contributed by atoms with van der Waals surface area (Å²) in [5.74, 6) is -2.33. The maximum atomic E-state index is 14.1. The SMILES string of the molecule is CCCCCCCCCCCC(=O)OC(CCCCCCCCCCC)CC(=O)N[C@]1(P(=O)(O)O)CO[C@H](CO)[C@@](O)(C(O)[C@H]2O[C@H](OCCCCCCN)[C@@H](NC(=O)CC(O)CCCCCCCCCCC)[C@@H](O)[C@@H]2O)[C@@H]1O. The minimum Gasteiger partial charge on any atom is -0.462 e. The van der Waals surface area contributed by atoms with Gasteiger partial charge in [0, 0.05) is 13.0 Å². The molecule has 2 aliphatic heterocycles. The number of rotatable bonds is 48. The van der Waals surface area contributed by atoms with E-state index in [-0.39, 0.29) is 25.9 Å². The van der Waals surface area contributed by atoms with Gasteiger partial charge in [0.1, 0.15) is 48.8 Å². The monoisotopic (exact) mass is 1150 g/mol. The first-order valence-electron chi connectivity index (χ1n) is 31.1. The summed E-state index contributed by atoms with van der Waals surface area (Å²) in [6.45, 7) is 4.61. The van der Waals surface area contributed by atoms with Gasteiger partial charge in [0.2, 0.25) is 11.8 Å². The fourth-order valence-corrected chi connectivity index (χ4v) is 12.0.